The largest absolute Gasteiger partial charge is 0.430 e. The molecular weight excluding hydrogens is 238 g/mol. The summed E-state index contributed by atoms with van der Waals surface area (Å²) >= 11 is 0. The maximum Gasteiger partial charge on any atom is 0.273 e. The highest BCUT2D eigenvalue weighted by Crippen LogP contribution is 2.23. The molecule has 6 nitrogen and oxygen atoms in total. The van der Waals surface area contributed by atoms with E-state index in [2.05, 4.69) is 4.84 Å². The molecule has 6 heteroatoms. The van der Waals surface area contributed by atoms with Gasteiger partial charge in [0.05, 0.1) is 5.92 Å². The molecule has 0 radical (unpaired) electrons. The minimum Gasteiger partial charge on any atom is -0.430 e. The van der Waals surface area contributed by atoms with Gasteiger partial charge in [-0.1, -0.05) is 30.3 Å². The molecule has 1 aromatic carbocycles. The van der Waals surface area contributed by atoms with Crippen molar-refractivity contribution in [1.82, 2.24) is 5.06 Å². The molecule has 2 amide bonds. The first-order chi connectivity index (χ1) is 8.58. The summed E-state index contributed by atoms with van der Waals surface area (Å²) in [6.07, 6.45) is -1.60. The van der Waals surface area contributed by atoms with Gasteiger partial charge in [0, 0.05) is 6.42 Å². The molecule has 94 valence electrons. The molecule has 1 atom stereocenters. The Balaban J connectivity index is 2.06. The van der Waals surface area contributed by atoms with Gasteiger partial charge in [0.2, 0.25) is 5.91 Å². The Morgan fingerprint density at radius 2 is 2.00 bits per heavy atom. The molecule has 0 bridgehead atoms. The van der Waals surface area contributed by atoms with Crippen molar-refractivity contribution in [3.8, 4) is 0 Å². The lowest BCUT2D eigenvalue weighted by molar-refractivity contribution is -0.306. The first-order valence-corrected chi connectivity index (χ1v) is 5.37. The molecule has 1 heterocycles. The minimum absolute atomic E-state index is 0.0546. The zero-order valence-electron chi connectivity index (χ0n) is 9.37. The van der Waals surface area contributed by atoms with Crippen LogP contribution in [0.2, 0.25) is 0 Å². The third-order valence-electron chi connectivity index (χ3n) is 2.69. The van der Waals surface area contributed by atoms with Crippen molar-refractivity contribution < 1.29 is 24.3 Å². The van der Waals surface area contributed by atoms with Gasteiger partial charge in [0.1, 0.15) is 0 Å². The van der Waals surface area contributed by atoms with Crippen molar-refractivity contribution in [3.63, 3.8) is 0 Å². The van der Waals surface area contributed by atoms with E-state index in [4.69, 9.17) is 0 Å². The fraction of sp³-hybridized carbons (Fsp3) is 0.250. The molecule has 1 aliphatic heterocycles. The van der Waals surface area contributed by atoms with Gasteiger partial charge in [-0.2, -0.15) is 5.06 Å². The Morgan fingerprint density at radius 3 is 2.61 bits per heavy atom. The monoisotopic (exact) mass is 248 g/mol. The van der Waals surface area contributed by atoms with Crippen LogP contribution in [0.15, 0.2) is 30.3 Å². The molecule has 1 saturated heterocycles. The van der Waals surface area contributed by atoms with Crippen molar-refractivity contribution in [2.75, 3.05) is 0 Å². The van der Waals surface area contributed by atoms with E-state index in [1.807, 2.05) is 30.3 Å². The summed E-state index contributed by atoms with van der Waals surface area (Å²) < 4.78 is 0. The first-order valence-electron chi connectivity index (χ1n) is 5.37. The van der Waals surface area contributed by atoms with Crippen LogP contribution >= 0.6 is 0 Å². The van der Waals surface area contributed by atoms with Crippen LogP contribution in [0.5, 0.6) is 0 Å². The number of amides is 2. The van der Waals surface area contributed by atoms with Crippen molar-refractivity contribution in [2.45, 2.75) is 12.8 Å². The van der Waals surface area contributed by atoms with Gasteiger partial charge in [0.15, 0.2) is 0 Å². The Hall–Kier alpha value is -2.37. The lowest BCUT2D eigenvalue weighted by Gasteiger charge is -2.18. The second-order valence-corrected chi connectivity index (χ2v) is 3.96. The molecule has 1 aromatic rings. The molecule has 1 fully saturated rings. The van der Waals surface area contributed by atoms with Gasteiger partial charge in [-0.05, 0) is 12.0 Å². The van der Waals surface area contributed by atoms with Crippen LogP contribution in [0, 0.1) is 5.92 Å². The molecule has 0 spiro atoms. The van der Waals surface area contributed by atoms with E-state index in [1.165, 1.54) is 0 Å². The second kappa shape index (κ2) is 4.87. The third-order valence-corrected chi connectivity index (χ3v) is 2.69. The van der Waals surface area contributed by atoms with Gasteiger partial charge < -0.3 is 14.7 Å². The Kier molecular flexibility index (Phi) is 3.27. The summed E-state index contributed by atoms with van der Waals surface area (Å²) in [5, 5.41) is 10.5. The van der Waals surface area contributed by atoms with E-state index in [9.17, 15) is 19.5 Å². The number of carbonyl (C=O) groups excluding carboxylic acids is 3. The maximum atomic E-state index is 11.7. The zero-order chi connectivity index (χ0) is 13.1. The van der Waals surface area contributed by atoms with Crippen molar-refractivity contribution in [2.24, 2.45) is 5.92 Å². The standard InChI is InChI=1S/C12H11NO5/c14-10-7-9(6-8-4-2-1-3-5-8)11(15)13(10)18-12(16)17/h1-5,9H,6-7H2,(H,16,17)/p-1. The first kappa shape index (κ1) is 12.1. The van der Waals surface area contributed by atoms with Crippen LogP contribution in [0.1, 0.15) is 12.0 Å². The predicted molar refractivity (Wildman–Crippen MR) is 56.6 cm³/mol. The molecule has 0 aliphatic carbocycles. The van der Waals surface area contributed by atoms with Gasteiger partial charge >= 0.3 is 0 Å². The highest BCUT2D eigenvalue weighted by Gasteiger charge is 2.38. The van der Waals surface area contributed by atoms with E-state index in [1.54, 1.807) is 0 Å². The van der Waals surface area contributed by atoms with E-state index in [-0.39, 0.29) is 11.5 Å². The highest BCUT2D eigenvalue weighted by atomic mass is 16.8. The van der Waals surface area contributed by atoms with Crippen LogP contribution in [-0.2, 0) is 20.8 Å². The highest BCUT2D eigenvalue weighted by molar-refractivity contribution is 6.03. The Labute approximate surface area is 103 Å². The van der Waals surface area contributed by atoms with E-state index in [0.717, 1.165) is 5.56 Å². The summed E-state index contributed by atoms with van der Waals surface area (Å²) in [5.41, 5.74) is 0.902. The van der Waals surface area contributed by atoms with Gasteiger partial charge in [-0.15, -0.1) is 0 Å². The van der Waals surface area contributed by atoms with Gasteiger partial charge in [-0.3, -0.25) is 9.59 Å². The summed E-state index contributed by atoms with van der Waals surface area (Å²) in [6, 6.07) is 9.16. The number of hydrogen-bond acceptors (Lipinski definition) is 5. The smallest absolute Gasteiger partial charge is 0.273 e. The number of imide groups is 1. The quantitative estimate of drug-likeness (QED) is 0.696. The van der Waals surface area contributed by atoms with Crippen molar-refractivity contribution in [3.05, 3.63) is 35.9 Å². The Bertz CT molecular complexity index is 485. The van der Waals surface area contributed by atoms with Crippen LogP contribution in [0.3, 0.4) is 0 Å². The van der Waals surface area contributed by atoms with E-state index in [0.29, 0.717) is 6.42 Å². The van der Waals surface area contributed by atoms with E-state index < -0.39 is 23.9 Å². The van der Waals surface area contributed by atoms with Crippen LogP contribution in [0.4, 0.5) is 4.79 Å². The fourth-order valence-electron chi connectivity index (χ4n) is 1.90. The average molecular weight is 248 g/mol. The summed E-state index contributed by atoms with van der Waals surface area (Å²) in [7, 11) is 0. The van der Waals surface area contributed by atoms with Gasteiger partial charge in [0.25, 0.3) is 12.1 Å². The number of hydrogen-bond donors (Lipinski definition) is 0. The number of nitrogens with zero attached hydrogens (tertiary/aromatic N) is 1. The number of carboxylic acid groups (broad SMARTS) is 1. The normalized spacial score (nSPS) is 19.1. The van der Waals surface area contributed by atoms with E-state index >= 15 is 0 Å². The van der Waals surface area contributed by atoms with Crippen LogP contribution < -0.4 is 5.11 Å². The second-order valence-electron chi connectivity index (χ2n) is 3.96. The maximum absolute atomic E-state index is 11.7. The molecule has 0 aromatic heterocycles. The Morgan fingerprint density at radius 1 is 1.33 bits per heavy atom. The number of hydroxylamine groups is 2. The molecule has 18 heavy (non-hydrogen) atoms. The summed E-state index contributed by atoms with van der Waals surface area (Å²) in [5.74, 6) is -1.89. The summed E-state index contributed by atoms with van der Waals surface area (Å²) in [4.78, 5) is 37.4. The number of carbonyl (C=O) groups is 3. The molecule has 1 unspecified atom stereocenters. The SMILES string of the molecule is O=C([O-])ON1C(=O)CC(Cc2ccccc2)C1=O. The molecular formula is C12H10NO5-. The zero-order valence-corrected chi connectivity index (χ0v) is 9.37. The lowest BCUT2D eigenvalue weighted by atomic mass is 9.98. The third kappa shape index (κ3) is 2.48. The fourth-order valence-corrected chi connectivity index (χ4v) is 1.90. The topological polar surface area (TPSA) is 86.7 Å². The van der Waals surface area contributed by atoms with Gasteiger partial charge in [-0.25, -0.2) is 0 Å². The summed E-state index contributed by atoms with van der Waals surface area (Å²) in [6.45, 7) is 0. The molecule has 2 rings (SSSR count). The van der Waals surface area contributed by atoms with Crippen molar-refractivity contribution in [1.29, 1.82) is 0 Å². The average Bonchev–Trinajstić information content (AvgIpc) is 2.58. The van der Waals surface area contributed by atoms with Crippen molar-refractivity contribution >= 4 is 18.0 Å². The molecule has 0 saturated carbocycles. The number of benzene rings is 1. The van der Waals surface area contributed by atoms with Crippen LogP contribution in [-0.4, -0.2) is 23.0 Å². The lowest BCUT2D eigenvalue weighted by Crippen LogP contribution is -2.38. The molecule has 0 N–H and O–H groups in total. The van der Waals surface area contributed by atoms with Crippen LogP contribution in [0.25, 0.3) is 0 Å². The number of rotatable bonds is 3. The minimum atomic E-state index is -1.92. The molecule has 1 aliphatic rings. The predicted octanol–water partition coefficient (Wildman–Crippen LogP) is -0.121.